The molecule has 0 saturated heterocycles. The number of imidazole rings is 1. The average Bonchev–Trinajstić information content (AvgIpc) is 2.93. The Morgan fingerprint density at radius 1 is 1.09 bits per heavy atom. The molecule has 0 bridgehead atoms. The molecule has 3 aromatic rings. The van der Waals surface area contributed by atoms with Crippen LogP contribution in [0.4, 0.5) is 16.3 Å². The van der Waals surface area contributed by atoms with Gasteiger partial charge in [0.05, 0.1) is 0 Å². The Kier molecular flexibility index (Phi) is 4.01. The van der Waals surface area contributed by atoms with Crippen molar-refractivity contribution in [2.45, 2.75) is 13.8 Å². The van der Waals surface area contributed by atoms with Gasteiger partial charge < -0.3 is 5.32 Å². The molecule has 7 heteroatoms. The van der Waals surface area contributed by atoms with Crippen molar-refractivity contribution in [3.05, 3.63) is 60.4 Å². The van der Waals surface area contributed by atoms with Gasteiger partial charge in [-0.1, -0.05) is 12.1 Å². The molecule has 116 valence electrons. The largest absolute Gasteiger partial charge is 0.324 e. The number of carbonyl (C=O) groups is 1. The number of benzene rings is 1. The lowest BCUT2D eigenvalue weighted by molar-refractivity contribution is 0.262. The first-order chi connectivity index (χ1) is 11.1. The zero-order valence-corrected chi connectivity index (χ0v) is 12.8. The molecule has 3 rings (SSSR count). The van der Waals surface area contributed by atoms with Gasteiger partial charge >= 0.3 is 6.03 Å². The zero-order valence-electron chi connectivity index (χ0n) is 12.8. The van der Waals surface area contributed by atoms with Crippen LogP contribution in [0.2, 0.25) is 0 Å². The molecular weight excluding hydrogens is 292 g/mol. The number of hydrogen-bond acceptors (Lipinski definition) is 4. The highest BCUT2D eigenvalue weighted by molar-refractivity contribution is 5.99. The normalized spacial score (nSPS) is 10.3. The molecule has 2 aromatic heterocycles. The zero-order chi connectivity index (χ0) is 16.2. The van der Waals surface area contributed by atoms with Gasteiger partial charge in [-0.25, -0.2) is 19.7 Å². The third-order valence-electron chi connectivity index (χ3n) is 3.24. The van der Waals surface area contributed by atoms with Crippen LogP contribution in [-0.2, 0) is 0 Å². The van der Waals surface area contributed by atoms with Crippen molar-refractivity contribution in [1.29, 1.82) is 0 Å². The van der Waals surface area contributed by atoms with E-state index in [1.807, 2.05) is 42.7 Å². The Hall–Kier alpha value is -3.22. The van der Waals surface area contributed by atoms with Gasteiger partial charge in [-0.15, -0.1) is 0 Å². The number of hydrogen-bond donors (Lipinski definition) is 2. The predicted octanol–water partition coefficient (Wildman–Crippen LogP) is 2.92. The number of carbonyl (C=O) groups excluding carboxylic acids is 1. The highest BCUT2D eigenvalue weighted by Crippen LogP contribution is 2.13. The van der Waals surface area contributed by atoms with Crippen LogP contribution in [0.3, 0.4) is 0 Å². The summed E-state index contributed by atoms with van der Waals surface area (Å²) in [5, 5.41) is 5.46. The molecule has 2 N–H and O–H groups in total. The van der Waals surface area contributed by atoms with Crippen LogP contribution in [0.25, 0.3) is 5.82 Å². The van der Waals surface area contributed by atoms with Gasteiger partial charge in [-0.3, -0.25) is 9.88 Å². The standard InChI is InChI=1S/C16H16N6O/c1-11-4-3-5-13(8-11)20-16(23)21-14-9-15(19-10-18-14)22-7-6-17-12(22)2/h3-10H,1-2H3,(H2,18,19,20,21,23). The van der Waals surface area contributed by atoms with Gasteiger partial charge in [-0.2, -0.15) is 0 Å². The van der Waals surface area contributed by atoms with E-state index in [9.17, 15) is 4.79 Å². The van der Waals surface area contributed by atoms with Crippen LogP contribution in [0.5, 0.6) is 0 Å². The van der Waals surface area contributed by atoms with E-state index in [0.717, 1.165) is 17.1 Å². The first kappa shape index (κ1) is 14.7. The van der Waals surface area contributed by atoms with Gasteiger partial charge in [0, 0.05) is 24.1 Å². The smallest absolute Gasteiger partial charge is 0.308 e. The summed E-state index contributed by atoms with van der Waals surface area (Å²) in [6.07, 6.45) is 4.89. The molecule has 0 saturated carbocycles. The molecular formula is C16H16N6O. The number of rotatable bonds is 3. The number of amides is 2. The summed E-state index contributed by atoms with van der Waals surface area (Å²) in [6, 6.07) is 8.89. The molecule has 1 aromatic carbocycles. The molecule has 0 atom stereocenters. The molecule has 0 aliphatic carbocycles. The maximum atomic E-state index is 12.1. The maximum absolute atomic E-state index is 12.1. The van der Waals surface area contributed by atoms with E-state index in [4.69, 9.17) is 0 Å². The Morgan fingerprint density at radius 3 is 2.70 bits per heavy atom. The molecule has 0 unspecified atom stereocenters. The quantitative estimate of drug-likeness (QED) is 0.779. The van der Waals surface area contributed by atoms with Crippen molar-refractivity contribution in [3.63, 3.8) is 0 Å². The van der Waals surface area contributed by atoms with Crippen LogP contribution >= 0.6 is 0 Å². The van der Waals surface area contributed by atoms with Crippen molar-refractivity contribution in [2.75, 3.05) is 10.6 Å². The van der Waals surface area contributed by atoms with Gasteiger partial charge in [0.15, 0.2) is 0 Å². The van der Waals surface area contributed by atoms with E-state index in [1.54, 1.807) is 18.5 Å². The summed E-state index contributed by atoms with van der Waals surface area (Å²) in [5.74, 6) is 1.85. The van der Waals surface area contributed by atoms with E-state index >= 15 is 0 Å². The van der Waals surface area contributed by atoms with Crippen LogP contribution in [0.15, 0.2) is 49.1 Å². The number of anilines is 2. The fourth-order valence-electron chi connectivity index (χ4n) is 2.17. The van der Waals surface area contributed by atoms with Crippen LogP contribution in [0, 0.1) is 13.8 Å². The Balaban J connectivity index is 1.73. The molecule has 0 spiro atoms. The molecule has 0 aliphatic rings. The molecule has 23 heavy (non-hydrogen) atoms. The summed E-state index contributed by atoms with van der Waals surface area (Å²) >= 11 is 0. The molecule has 0 radical (unpaired) electrons. The highest BCUT2D eigenvalue weighted by atomic mass is 16.2. The van der Waals surface area contributed by atoms with Crippen molar-refractivity contribution >= 4 is 17.5 Å². The summed E-state index contributed by atoms with van der Waals surface area (Å²) in [5.41, 5.74) is 1.80. The lowest BCUT2D eigenvalue weighted by atomic mass is 10.2. The van der Waals surface area contributed by atoms with E-state index in [0.29, 0.717) is 11.6 Å². The number of aryl methyl sites for hydroxylation is 2. The minimum Gasteiger partial charge on any atom is -0.308 e. The second-order valence-corrected chi connectivity index (χ2v) is 5.05. The van der Waals surface area contributed by atoms with E-state index in [1.165, 1.54) is 6.33 Å². The van der Waals surface area contributed by atoms with Gasteiger partial charge in [-0.05, 0) is 31.5 Å². The van der Waals surface area contributed by atoms with Gasteiger partial charge in [0.2, 0.25) is 0 Å². The summed E-state index contributed by atoms with van der Waals surface area (Å²) in [6.45, 7) is 3.84. The minimum atomic E-state index is -0.359. The van der Waals surface area contributed by atoms with E-state index in [2.05, 4.69) is 25.6 Å². The molecule has 7 nitrogen and oxygen atoms in total. The summed E-state index contributed by atoms with van der Waals surface area (Å²) < 4.78 is 1.81. The Morgan fingerprint density at radius 2 is 1.96 bits per heavy atom. The van der Waals surface area contributed by atoms with Crippen LogP contribution in [0.1, 0.15) is 11.4 Å². The lowest BCUT2D eigenvalue weighted by Gasteiger charge is -2.09. The van der Waals surface area contributed by atoms with Crippen molar-refractivity contribution in [1.82, 2.24) is 19.5 Å². The first-order valence-corrected chi connectivity index (χ1v) is 7.09. The molecule has 0 fully saturated rings. The number of nitrogens with zero attached hydrogens (tertiary/aromatic N) is 4. The monoisotopic (exact) mass is 308 g/mol. The van der Waals surface area contributed by atoms with E-state index in [-0.39, 0.29) is 6.03 Å². The predicted molar refractivity (Wildman–Crippen MR) is 87.7 cm³/mol. The van der Waals surface area contributed by atoms with Crippen molar-refractivity contribution < 1.29 is 4.79 Å². The van der Waals surface area contributed by atoms with Gasteiger partial charge in [0.25, 0.3) is 0 Å². The maximum Gasteiger partial charge on any atom is 0.324 e. The Labute approximate surface area is 133 Å². The third-order valence-corrected chi connectivity index (χ3v) is 3.24. The second kappa shape index (κ2) is 6.27. The number of aromatic nitrogens is 4. The SMILES string of the molecule is Cc1cccc(NC(=O)Nc2cc(-n3ccnc3C)ncn2)c1. The van der Waals surface area contributed by atoms with Crippen molar-refractivity contribution in [2.24, 2.45) is 0 Å². The van der Waals surface area contributed by atoms with Gasteiger partial charge in [0.1, 0.15) is 23.8 Å². The first-order valence-electron chi connectivity index (χ1n) is 7.09. The Bertz CT molecular complexity index is 842. The highest BCUT2D eigenvalue weighted by Gasteiger charge is 2.07. The fourth-order valence-corrected chi connectivity index (χ4v) is 2.17. The van der Waals surface area contributed by atoms with Crippen LogP contribution < -0.4 is 10.6 Å². The fraction of sp³-hybridized carbons (Fsp3) is 0.125. The number of urea groups is 1. The van der Waals surface area contributed by atoms with E-state index < -0.39 is 0 Å². The molecule has 2 heterocycles. The molecule has 0 aliphatic heterocycles. The third kappa shape index (κ3) is 3.52. The summed E-state index contributed by atoms with van der Waals surface area (Å²) in [4.78, 5) is 24.5. The average molecular weight is 308 g/mol. The molecule has 2 amide bonds. The van der Waals surface area contributed by atoms with Crippen molar-refractivity contribution in [3.8, 4) is 5.82 Å². The lowest BCUT2D eigenvalue weighted by Crippen LogP contribution is -2.20. The number of nitrogens with one attached hydrogen (secondary N) is 2. The summed E-state index contributed by atoms with van der Waals surface area (Å²) in [7, 11) is 0. The van der Waals surface area contributed by atoms with Crippen LogP contribution in [-0.4, -0.2) is 25.6 Å². The minimum absolute atomic E-state index is 0.359. The second-order valence-electron chi connectivity index (χ2n) is 5.05. The topological polar surface area (TPSA) is 84.7 Å².